The third-order valence-corrected chi connectivity index (χ3v) is 4.84. The lowest BCUT2D eigenvalue weighted by Crippen LogP contribution is -2.21. The van der Waals surface area contributed by atoms with Crippen LogP contribution in [0.4, 0.5) is 17.3 Å². The van der Waals surface area contributed by atoms with Crippen molar-refractivity contribution >= 4 is 23.2 Å². The van der Waals surface area contributed by atoms with Crippen LogP contribution in [-0.2, 0) is 6.42 Å². The van der Waals surface area contributed by atoms with E-state index in [0.717, 1.165) is 41.2 Å². The quantitative estimate of drug-likeness (QED) is 0.756. The van der Waals surface area contributed by atoms with Gasteiger partial charge in [0.1, 0.15) is 5.69 Å². The lowest BCUT2D eigenvalue weighted by molar-refractivity contribution is 0.102. The van der Waals surface area contributed by atoms with Crippen LogP contribution in [0.25, 0.3) is 0 Å². The smallest absolute Gasteiger partial charge is 0.274 e. The number of carbonyl (C=O) groups excluding carboxylic acids is 1. The second-order valence-corrected chi connectivity index (χ2v) is 7.00. The van der Waals surface area contributed by atoms with Gasteiger partial charge in [0.25, 0.3) is 5.91 Å². The molecule has 0 fully saturated rings. The van der Waals surface area contributed by atoms with Gasteiger partial charge in [-0.15, -0.1) is 0 Å². The van der Waals surface area contributed by atoms with E-state index in [1.807, 2.05) is 51.1 Å². The molecule has 1 aliphatic heterocycles. The minimum absolute atomic E-state index is 0.220. The molecule has 0 unspecified atom stereocenters. The Balaban J connectivity index is 1.65. The summed E-state index contributed by atoms with van der Waals surface area (Å²) in [7, 11) is 0. The molecule has 1 aliphatic rings. The van der Waals surface area contributed by atoms with Crippen LogP contribution in [0.1, 0.15) is 32.9 Å². The summed E-state index contributed by atoms with van der Waals surface area (Å²) in [5, 5.41) is 2.98. The average molecular weight is 358 g/mol. The normalized spacial score (nSPS) is 12.8. The Labute approximate surface area is 159 Å². The molecule has 0 spiro atoms. The number of benzene rings is 2. The fourth-order valence-corrected chi connectivity index (χ4v) is 3.39. The van der Waals surface area contributed by atoms with Gasteiger partial charge < -0.3 is 10.2 Å². The van der Waals surface area contributed by atoms with E-state index in [1.165, 1.54) is 5.56 Å². The predicted octanol–water partition coefficient (Wildman–Crippen LogP) is 4.35. The Morgan fingerprint density at radius 1 is 1.04 bits per heavy atom. The van der Waals surface area contributed by atoms with Crippen molar-refractivity contribution in [3.63, 3.8) is 0 Å². The molecule has 3 aromatic rings. The van der Waals surface area contributed by atoms with Gasteiger partial charge in [0.05, 0.1) is 0 Å². The van der Waals surface area contributed by atoms with Crippen LogP contribution in [0.3, 0.4) is 0 Å². The van der Waals surface area contributed by atoms with Crippen molar-refractivity contribution in [2.45, 2.75) is 27.2 Å². The van der Waals surface area contributed by atoms with Crippen LogP contribution in [0.5, 0.6) is 0 Å². The molecule has 0 atom stereocenters. The zero-order valence-corrected chi connectivity index (χ0v) is 15.8. The van der Waals surface area contributed by atoms with Crippen molar-refractivity contribution in [3.8, 4) is 0 Å². The molecule has 5 heteroatoms. The van der Waals surface area contributed by atoms with Gasteiger partial charge >= 0.3 is 0 Å². The van der Waals surface area contributed by atoms with Crippen molar-refractivity contribution < 1.29 is 4.79 Å². The number of hydrogen-bond donors (Lipinski definition) is 1. The summed E-state index contributed by atoms with van der Waals surface area (Å²) in [4.78, 5) is 24.0. The highest BCUT2D eigenvalue weighted by atomic mass is 16.1. The number of amides is 1. The Bertz CT molecular complexity index is 1030. The van der Waals surface area contributed by atoms with E-state index in [0.29, 0.717) is 11.6 Å². The van der Waals surface area contributed by atoms with E-state index >= 15 is 0 Å². The molecule has 1 N–H and O–H groups in total. The molecule has 5 nitrogen and oxygen atoms in total. The maximum absolute atomic E-state index is 12.8. The fraction of sp³-hybridized carbons (Fsp3) is 0.227. The maximum atomic E-state index is 12.8. The van der Waals surface area contributed by atoms with Gasteiger partial charge in [0, 0.05) is 23.6 Å². The first-order valence-corrected chi connectivity index (χ1v) is 9.11. The molecule has 0 aliphatic carbocycles. The van der Waals surface area contributed by atoms with Crippen molar-refractivity contribution in [2.75, 3.05) is 16.8 Å². The Morgan fingerprint density at radius 2 is 1.85 bits per heavy atom. The number of nitrogens with one attached hydrogen (secondary N) is 1. The van der Waals surface area contributed by atoms with Gasteiger partial charge in [-0.2, -0.15) is 0 Å². The van der Waals surface area contributed by atoms with Gasteiger partial charge in [0.15, 0.2) is 0 Å². The molecule has 136 valence electrons. The summed E-state index contributed by atoms with van der Waals surface area (Å²) in [6, 6.07) is 16.0. The number of rotatable bonds is 3. The minimum atomic E-state index is -0.220. The zero-order valence-electron chi connectivity index (χ0n) is 15.8. The highest BCUT2D eigenvalue weighted by Gasteiger charge is 2.23. The summed E-state index contributed by atoms with van der Waals surface area (Å²) in [5.74, 6) is 0.356. The molecule has 2 aromatic carbocycles. The topological polar surface area (TPSA) is 58.1 Å². The maximum Gasteiger partial charge on any atom is 0.274 e. The van der Waals surface area contributed by atoms with Crippen molar-refractivity contribution in [1.29, 1.82) is 0 Å². The molecule has 4 rings (SSSR count). The molecule has 0 saturated carbocycles. The van der Waals surface area contributed by atoms with Gasteiger partial charge in [-0.25, -0.2) is 9.97 Å². The summed E-state index contributed by atoms with van der Waals surface area (Å²) in [5.41, 5.74) is 6.48. The number of hydrogen-bond acceptors (Lipinski definition) is 4. The molecule has 1 amide bonds. The van der Waals surface area contributed by atoms with Crippen LogP contribution in [0.15, 0.2) is 48.5 Å². The molecule has 0 radical (unpaired) electrons. The summed E-state index contributed by atoms with van der Waals surface area (Å²) >= 11 is 0. The highest BCUT2D eigenvalue weighted by Crippen LogP contribution is 2.32. The lowest BCUT2D eigenvalue weighted by atomic mass is 10.1. The van der Waals surface area contributed by atoms with Gasteiger partial charge in [0.2, 0.25) is 5.95 Å². The number of nitrogens with zero attached hydrogens (tertiary/aromatic N) is 3. The molecule has 0 bridgehead atoms. The van der Waals surface area contributed by atoms with Gasteiger partial charge in [-0.05, 0) is 62.1 Å². The Hall–Kier alpha value is -3.21. The SMILES string of the molecule is Cc1ccc(C)c(NC(=O)c2cc(C)nc(N3CCc4ccccc43)n2)c1. The lowest BCUT2D eigenvalue weighted by Gasteiger charge is -2.18. The van der Waals surface area contributed by atoms with Crippen LogP contribution in [0, 0.1) is 20.8 Å². The molecular formula is C22H22N4O. The molecule has 27 heavy (non-hydrogen) atoms. The fourth-order valence-electron chi connectivity index (χ4n) is 3.39. The van der Waals surface area contributed by atoms with E-state index < -0.39 is 0 Å². The third kappa shape index (κ3) is 3.40. The first kappa shape index (κ1) is 17.2. The number of fused-ring (bicyclic) bond motifs is 1. The number of aryl methyl sites for hydroxylation is 3. The first-order valence-electron chi connectivity index (χ1n) is 9.11. The second-order valence-electron chi connectivity index (χ2n) is 7.00. The number of aromatic nitrogens is 2. The summed E-state index contributed by atoms with van der Waals surface area (Å²) in [6.07, 6.45) is 0.956. The van der Waals surface area contributed by atoms with E-state index in [9.17, 15) is 4.79 Å². The molecular weight excluding hydrogens is 336 g/mol. The number of carbonyl (C=O) groups is 1. The standard InChI is InChI=1S/C22H22N4O/c1-14-8-9-15(2)18(12-14)24-21(27)19-13-16(3)23-22(25-19)26-11-10-17-6-4-5-7-20(17)26/h4-9,12-13H,10-11H2,1-3H3,(H,24,27). The monoisotopic (exact) mass is 358 g/mol. The first-order chi connectivity index (χ1) is 13.0. The predicted molar refractivity (Wildman–Crippen MR) is 108 cm³/mol. The Morgan fingerprint density at radius 3 is 2.70 bits per heavy atom. The third-order valence-electron chi connectivity index (χ3n) is 4.84. The average Bonchev–Trinajstić information content (AvgIpc) is 3.08. The van der Waals surface area contributed by atoms with E-state index in [4.69, 9.17) is 0 Å². The Kier molecular flexibility index (Phi) is 4.36. The molecule has 0 saturated heterocycles. The molecule has 2 heterocycles. The summed E-state index contributed by atoms with van der Waals surface area (Å²) in [6.45, 7) is 6.70. The largest absolute Gasteiger partial charge is 0.320 e. The number of para-hydroxylation sites is 1. The van der Waals surface area contributed by atoms with Crippen molar-refractivity contribution in [3.05, 3.63) is 76.6 Å². The van der Waals surface area contributed by atoms with Crippen LogP contribution < -0.4 is 10.2 Å². The van der Waals surface area contributed by atoms with Crippen LogP contribution >= 0.6 is 0 Å². The van der Waals surface area contributed by atoms with Crippen LogP contribution in [-0.4, -0.2) is 22.4 Å². The van der Waals surface area contributed by atoms with Crippen molar-refractivity contribution in [2.24, 2.45) is 0 Å². The highest BCUT2D eigenvalue weighted by molar-refractivity contribution is 6.03. The minimum Gasteiger partial charge on any atom is -0.320 e. The van der Waals surface area contributed by atoms with E-state index in [1.54, 1.807) is 6.07 Å². The van der Waals surface area contributed by atoms with Crippen LogP contribution in [0.2, 0.25) is 0 Å². The van der Waals surface area contributed by atoms with Gasteiger partial charge in [-0.3, -0.25) is 4.79 Å². The van der Waals surface area contributed by atoms with Crippen molar-refractivity contribution in [1.82, 2.24) is 9.97 Å². The van der Waals surface area contributed by atoms with E-state index in [-0.39, 0.29) is 5.91 Å². The summed E-state index contributed by atoms with van der Waals surface area (Å²) < 4.78 is 0. The van der Waals surface area contributed by atoms with Gasteiger partial charge in [-0.1, -0.05) is 30.3 Å². The zero-order chi connectivity index (χ0) is 19.0. The van der Waals surface area contributed by atoms with E-state index in [2.05, 4.69) is 32.3 Å². The molecule has 1 aromatic heterocycles. The number of anilines is 3. The second kappa shape index (κ2) is 6.83.